The maximum absolute atomic E-state index is 13.1. The highest BCUT2D eigenvalue weighted by atomic mass is 16.1. The van der Waals surface area contributed by atoms with E-state index in [0.717, 1.165) is 48.8 Å². The lowest BCUT2D eigenvalue weighted by atomic mass is 9.87. The fraction of sp³-hybridized carbons (Fsp3) is 0.667. The number of carbonyl (C=O) groups is 1. The molecule has 0 bridgehead atoms. The second-order valence-corrected chi connectivity index (χ2v) is 8.81. The lowest BCUT2D eigenvalue weighted by Gasteiger charge is -2.28. The van der Waals surface area contributed by atoms with Crippen molar-refractivity contribution < 1.29 is 4.79 Å². The molecule has 1 amide bonds. The first-order valence-corrected chi connectivity index (χ1v) is 10.2. The first-order valence-electron chi connectivity index (χ1n) is 10.2. The Morgan fingerprint density at radius 1 is 1.19 bits per heavy atom. The van der Waals surface area contributed by atoms with E-state index in [0.29, 0.717) is 17.1 Å². The van der Waals surface area contributed by atoms with E-state index in [-0.39, 0.29) is 5.91 Å². The first-order chi connectivity index (χ1) is 12.5. The Labute approximate surface area is 156 Å². The fourth-order valence-electron chi connectivity index (χ4n) is 4.66. The van der Waals surface area contributed by atoms with Crippen LogP contribution in [0.15, 0.2) is 12.1 Å². The van der Waals surface area contributed by atoms with E-state index in [1.165, 1.54) is 32.1 Å². The molecule has 142 valence electrons. The highest BCUT2D eigenvalue weighted by Gasteiger charge is 2.48. The van der Waals surface area contributed by atoms with Crippen LogP contribution in [0.1, 0.15) is 62.2 Å². The quantitative estimate of drug-likeness (QED) is 0.721. The largest absolute Gasteiger partial charge is 0.397 e. The molecule has 3 fully saturated rings. The zero-order valence-electron chi connectivity index (χ0n) is 16.1. The molecule has 4 N–H and O–H groups in total. The molecule has 1 heterocycles. The standard InChI is InChI=1S/C21H32N4O/c1-14-3-5-15(6-4-14)24-20(26)16-11-17(22)18(23-2)12-19(16)25-10-9-21(13-25)7-8-21/h11-12,14-15,23H,3-10,13,22H2,1-2H3,(H,24,26)/t14-,15-. The lowest BCUT2D eigenvalue weighted by Crippen LogP contribution is -2.38. The van der Waals surface area contributed by atoms with Crippen molar-refractivity contribution in [1.29, 1.82) is 0 Å². The molecule has 0 radical (unpaired) electrons. The van der Waals surface area contributed by atoms with Gasteiger partial charge in [0.2, 0.25) is 0 Å². The van der Waals surface area contributed by atoms with Gasteiger partial charge in [-0.15, -0.1) is 0 Å². The van der Waals surface area contributed by atoms with Crippen molar-refractivity contribution >= 4 is 23.0 Å². The van der Waals surface area contributed by atoms with Gasteiger partial charge in [0.25, 0.3) is 5.91 Å². The monoisotopic (exact) mass is 356 g/mol. The number of amides is 1. The van der Waals surface area contributed by atoms with Gasteiger partial charge in [0, 0.05) is 26.2 Å². The van der Waals surface area contributed by atoms with Crippen LogP contribution in [0.5, 0.6) is 0 Å². The number of hydrogen-bond acceptors (Lipinski definition) is 4. The van der Waals surface area contributed by atoms with Gasteiger partial charge >= 0.3 is 0 Å². The Morgan fingerprint density at radius 2 is 1.92 bits per heavy atom. The second kappa shape index (κ2) is 6.67. The van der Waals surface area contributed by atoms with E-state index in [9.17, 15) is 4.79 Å². The normalized spacial score (nSPS) is 26.8. The molecule has 1 aliphatic heterocycles. The predicted molar refractivity (Wildman–Crippen MR) is 108 cm³/mol. The van der Waals surface area contributed by atoms with E-state index in [2.05, 4.69) is 28.5 Å². The highest BCUT2D eigenvalue weighted by molar-refractivity contribution is 6.02. The molecule has 2 saturated carbocycles. The molecule has 2 aliphatic carbocycles. The van der Waals surface area contributed by atoms with Crippen LogP contribution in [0.4, 0.5) is 17.1 Å². The second-order valence-electron chi connectivity index (χ2n) is 8.81. The van der Waals surface area contributed by atoms with Gasteiger partial charge in [-0.2, -0.15) is 0 Å². The van der Waals surface area contributed by atoms with Crippen molar-refractivity contribution in [2.24, 2.45) is 11.3 Å². The molecule has 26 heavy (non-hydrogen) atoms. The van der Waals surface area contributed by atoms with Gasteiger partial charge in [0.05, 0.1) is 22.6 Å². The summed E-state index contributed by atoms with van der Waals surface area (Å²) in [5, 5.41) is 6.44. The van der Waals surface area contributed by atoms with Gasteiger partial charge in [-0.05, 0) is 68.4 Å². The van der Waals surface area contributed by atoms with Crippen molar-refractivity contribution in [2.45, 2.75) is 57.9 Å². The fourth-order valence-corrected chi connectivity index (χ4v) is 4.66. The third-order valence-electron chi connectivity index (χ3n) is 6.77. The Kier molecular flexibility index (Phi) is 4.49. The van der Waals surface area contributed by atoms with E-state index < -0.39 is 0 Å². The molecule has 1 spiro atoms. The van der Waals surface area contributed by atoms with Crippen LogP contribution >= 0.6 is 0 Å². The number of nitrogen functional groups attached to an aromatic ring is 1. The minimum atomic E-state index is 0.0330. The molecule has 1 aromatic carbocycles. The zero-order valence-corrected chi connectivity index (χ0v) is 16.1. The molecule has 0 atom stereocenters. The first kappa shape index (κ1) is 17.5. The molecule has 0 unspecified atom stereocenters. The van der Waals surface area contributed by atoms with Crippen molar-refractivity contribution in [3.05, 3.63) is 17.7 Å². The summed E-state index contributed by atoms with van der Waals surface area (Å²) >= 11 is 0. The number of rotatable bonds is 4. The minimum absolute atomic E-state index is 0.0330. The summed E-state index contributed by atoms with van der Waals surface area (Å²) in [6.07, 6.45) is 8.48. The Balaban J connectivity index is 1.57. The van der Waals surface area contributed by atoms with Gasteiger partial charge in [-0.25, -0.2) is 0 Å². The summed E-state index contributed by atoms with van der Waals surface area (Å²) in [7, 11) is 1.88. The molecule has 5 heteroatoms. The summed E-state index contributed by atoms with van der Waals surface area (Å²) in [5.74, 6) is 0.814. The number of hydrogen-bond donors (Lipinski definition) is 3. The van der Waals surface area contributed by atoms with Crippen molar-refractivity contribution in [3.8, 4) is 0 Å². The molecule has 1 aromatic rings. The number of anilines is 3. The van der Waals surface area contributed by atoms with Gasteiger partial charge in [0.15, 0.2) is 0 Å². The minimum Gasteiger partial charge on any atom is -0.397 e. The van der Waals surface area contributed by atoms with Crippen LogP contribution in [-0.2, 0) is 0 Å². The highest BCUT2D eigenvalue weighted by Crippen LogP contribution is 2.53. The number of carbonyl (C=O) groups excluding carboxylic acids is 1. The molecule has 4 rings (SSSR count). The van der Waals surface area contributed by atoms with Gasteiger partial charge < -0.3 is 21.3 Å². The lowest BCUT2D eigenvalue weighted by molar-refractivity contribution is 0.0923. The number of nitrogens with one attached hydrogen (secondary N) is 2. The van der Waals surface area contributed by atoms with E-state index in [1.54, 1.807) is 0 Å². The van der Waals surface area contributed by atoms with Gasteiger partial charge in [0.1, 0.15) is 0 Å². The van der Waals surface area contributed by atoms with Gasteiger partial charge in [-0.3, -0.25) is 4.79 Å². The van der Waals surface area contributed by atoms with Crippen LogP contribution in [0.3, 0.4) is 0 Å². The molecule has 0 aromatic heterocycles. The maximum Gasteiger partial charge on any atom is 0.253 e. The van der Waals surface area contributed by atoms with Crippen molar-refractivity contribution in [2.75, 3.05) is 36.1 Å². The zero-order chi connectivity index (χ0) is 18.3. The molecular weight excluding hydrogens is 324 g/mol. The third kappa shape index (κ3) is 3.36. The third-order valence-corrected chi connectivity index (χ3v) is 6.77. The summed E-state index contributed by atoms with van der Waals surface area (Å²) in [5.41, 5.74) is 10.0. The molecule has 5 nitrogen and oxygen atoms in total. The van der Waals surface area contributed by atoms with Crippen LogP contribution in [-0.4, -0.2) is 32.1 Å². The van der Waals surface area contributed by atoms with Gasteiger partial charge in [-0.1, -0.05) is 6.92 Å². The summed E-state index contributed by atoms with van der Waals surface area (Å²) in [4.78, 5) is 15.5. The van der Waals surface area contributed by atoms with Crippen LogP contribution in [0.2, 0.25) is 0 Å². The Morgan fingerprint density at radius 3 is 2.54 bits per heavy atom. The summed E-state index contributed by atoms with van der Waals surface area (Å²) in [6, 6.07) is 4.22. The van der Waals surface area contributed by atoms with Crippen molar-refractivity contribution in [3.63, 3.8) is 0 Å². The SMILES string of the molecule is CNc1cc(N2CCC3(CC3)C2)c(C(=O)N[C@H]2CC[C@H](C)CC2)cc1N. The summed E-state index contributed by atoms with van der Waals surface area (Å²) < 4.78 is 0. The van der Waals surface area contributed by atoms with Crippen LogP contribution in [0, 0.1) is 11.3 Å². The maximum atomic E-state index is 13.1. The Hall–Kier alpha value is -1.91. The van der Waals surface area contributed by atoms with E-state index in [4.69, 9.17) is 5.73 Å². The average Bonchev–Trinajstić information content (AvgIpc) is 3.26. The molecule has 1 saturated heterocycles. The molecular formula is C21H32N4O. The molecule has 3 aliphatic rings. The number of nitrogens with zero attached hydrogens (tertiary/aromatic N) is 1. The number of benzene rings is 1. The smallest absolute Gasteiger partial charge is 0.253 e. The average molecular weight is 357 g/mol. The van der Waals surface area contributed by atoms with E-state index in [1.807, 2.05) is 13.1 Å². The predicted octanol–water partition coefficient (Wildman–Crippen LogP) is 3.61. The van der Waals surface area contributed by atoms with Crippen LogP contribution < -0.4 is 21.3 Å². The Bertz CT molecular complexity index is 689. The van der Waals surface area contributed by atoms with Crippen molar-refractivity contribution in [1.82, 2.24) is 5.32 Å². The van der Waals surface area contributed by atoms with Crippen LogP contribution in [0.25, 0.3) is 0 Å². The number of nitrogens with two attached hydrogens (primary N) is 1. The van der Waals surface area contributed by atoms with E-state index >= 15 is 0 Å². The summed E-state index contributed by atoms with van der Waals surface area (Å²) in [6.45, 7) is 4.41. The topological polar surface area (TPSA) is 70.4 Å².